The standard InChI is InChI=1S/CH3N2Si/c2-3-1-4/h3H,2H2. The van der Waals surface area contributed by atoms with E-state index in [1.54, 1.807) is 0 Å². The number of nitrogens with one attached hydrogen (secondary N) is 1. The molecule has 4 heavy (non-hydrogen) atoms. The van der Waals surface area contributed by atoms with Gasteiger partial charge in [-0.1, -0.05) is 0 Å². The van der Waals surface area contributed by atoms with Crippen LogP contribution in [-0.4, -0.2) is 9.68 Å². The maximum atomic E-state index is 4.62. The fourth-order valence-electron chi connectivity index (χ4n) is 0. The molecular weight excluding hydrogens is 68.1 g/mol. The van der Waals surface area contributed by atoms with Gasteiger partial charge in [-0.25, -0.2) is 5.84 Å². The van der Waals surface area contributed by atoms with Crippen LogP contribution >= 0.6 is 0 Å². The molecule has 0 saturated carbocycles. The van der Waals surface area contributed by atoms with Gasteiger partial charge in [0.1, 0.15) is 0 Å². The smallest absolute Gasteiger partial charge is 0.0725 e. The Kier molecular flexibility index (Phi) is 2.59. The molecule has 0 aliphatic heterocycles. The summed E-state index contributed by atoms with van der Waals surface area (Å²) in [6, 6.07) is 0. The van der Waals surface area contributed by atoms with Crippen LogP contribution in [0.3, 0.4) is 0 Å². The Morgan fingerprint density at radius 2 is 2.25 bits per heavy atom. The van der Waals surface area contributed by atoms with E-state index < -0.39 is 0 Å². The number of hydrogen-bond acceptors (Lipinski definition) is 2. The summed E-state index contributed by atoms with van der Waals surface area (Å²) < 4.78 is 0. The molecule has 0 saturated heterocycles. The minimum absolute atomic E-state index is 2.09. The number of hydrogen-bond donors (Lipinski definition) is 2. The van der Waals surface area contributed by atoms with Gasteiger partial charge in [-0.3, -0.25) is 5.43 Å². The Morgan fingerprint density at radius 3 is 2.25 bits per heavy atom. The molecule has 3 heteroatoms. The van der Waals surface area contributed by atoms with Gasteiger partial charge in [0.25, 0.3) is 0 Å². The van der Waals surface area contributed by atoms with Crippen LogP contribution in [0.25, 0.3) is 0 Å². The van der Waals surface area contributed by atoms with E-state index in [1.807, 2.05) is 0 Å². The number of hydrazine groups is 1. The van der Waals surface area contributed by atoms with Gasteiger partial charge in [0, 0.05) is 0 Å². The van der Waals surface area contributed by atoms with E-state index in [0.717, 1.165) is 0 Å². The summed E-state index contributed by atoms with van der Waals surface area (Å²) in [6.45, 7) is 0. The molecule has 0 aromatic heterocycles. The van der Waals surface area contributed by atoms with Gasteiger partial charge >= 0.3 is 0 Å². The highest BCUT2D eigenvalue weighted by Gasteiger charge is 1.31. The van der Waals surface area contributed by atoms with Crippen molar-refractivity contribution in [2.45, 2.75) is 0 Å². The van der Waals surface area contributed by atoms with Crippen molar-refractivity contribution in [3.63, 3.8) is 0 Å². The van der Waals surface area contributed by atoms with Crippen LogP contribution in [-0.2, 0) is 0 Å². The maximum Gasteiger partial charge on any atom is 0.0725 e. The zero-order valence-corrected chi connectivity index (χ0v) is 3.08. The molecule has 1 radical (unpaired) electrons. The summed E-state index contributed by atoms with van der Waals surface area (Å²) in [4.78, 5) is 0. The molecule has 0 aliphatic rings. The van der Waals surface area contributed by atoms with Crippen molar-refractivity contribution in [1.82, 2.24) is 5.43 Å². The third-order valence-corrected chi connectivity index (χ3v) is 0.217. The molecule has 2 nitrogen and oxygen atoms in total. The maximum absolute atomic E-state index is 4.62. The highest BCUT2D eigenvalue weighted by atomic mass is 28.1. The van der Waals surface area contributed by atoms with E-state index in [-0.39, 0.29) is 0 Å². The minimum Gasteiger partial charge on any atom is -0.289 e. The topological polar surface area (TPSA) is 38.0 Å². The second kappa shape index (κ2) is 2.76. The Hall–Kier alpha value is -0.243. The largest absolute Gasteiger partial charge is 0.289 e. The van der Waals surface area contributed by atoms with Crippen molar-refractivity contribution in [2.75, 3.05) is 0 Å². The predicted octanol–water partition coefficient (Wildman–Crippen LogP) is -1.47. The normalized spacial score (nSPS) is 4.00. The molecule has 0 unspecified atom stereocenters. The zero-order chi connectivity index (χ0) is 3.41. The molecule has 21 valence electrons. The molecule has 0 fully saturated rings. The SMILES string of the molecule is NNC#[Si]. The summed E-state index contributed by atoms with van der Waals surface area (Å²) in [7, 11) is 2.80. The van der Waals surface area contributed by atoms with Crippen molar-refractivity contribution in [3.8, 4) is 5.62 Å². The second-order valence-electron chi connectivity index (χ2n) is 0.269. The first kappa shape index (κ1) is 3.76. The highest BCUT2D eigenvalue weighted by Crippen LogP contribution is 1.03. The second-order valence-corrected chi connectivity index (χ2v) is 0.519. The average molecular weight is 71.1 g/mol. The van der Waals surface area contributed by atoms with Gasteiger partial charge in [0.2, 0.25) is 0 Å². The fourth-order valence-corrected chi connectivity index (χ4v) is 0. The van der Waals surface area contributed by atoms with E-state index in [4.69, 9.17) is 0 Å². The summed E-state index contributed by atoms with van der Waals surface area (Å²) in [6.07, 6.45) is 0. The molecule has 0 atom stereocenters. The van der Waals surface area contributed by atoms with Crippen LogP contribution in [0.2, 0.25) is 0 Å². The van der Waals surface area contributed by atoms with E-state index >= 15 is 0 Å². The van der Waals surface area contributed by atoms with E-state index in [0.29, 0.717) is 0 Å². The van der Waals surface area contributed by atoms with Crippen LogP contribution in [0.5, 0.6) is 0 Å². The molecule has 0 rings (SSSR count). The molecular formula is CH3N2Si. The van der Waals surface area contributed by atoms with Crippen molar-refractivity contribution in [2.24, 2.45) is 5.84 Å². The van der Waals surface area contributed by atoms with Crippen LogP contribution in [0, 0.1) is 5.62 Å². The molecule has 0 aromatic rings. The van der Waals surface area contributed by atoms with Gasteiger partial charge < -0.3 is 0 Å². The van der Waals surface area contributed by atoms with E-state index in [9.17, 15) is 0 Å². The van der Waals surface area contributed by atoms with E-state index in [2.05, 4.69) is 26.6 Å². The van der Waals surface area contributed by atoms with Crippen molar-refractivity contribution in [3.05, 3.63) is 0 Å². The Balaban J connectivity index is 2.43. The molecule has 3 N–H and O–H groups in total. The third kappa shape index (κ3) is 1.76. The summed E-state index contributed by atoms with van der Waals surface area (Å²) in [5.41, 5.74) is 4.36. The van der Waals surface area contributed by atoms with Gasteiger partial charge in [-0.15, -0.1) is 0 Å². The van der Waals surface area contributed by atoms with Gasteiger partial charge in [0.15, 0.2) is 0 Å². The first-order chi connectivity index (χ1) is 1.91. The van der Waals surface area contributed by atoms with Crippen molar-refractivity contribution in [1.29, 1.82) is 0 Å². The molecule has 0 bridgehead atoms. The monoisotopic (exact) mass is 71.0 g/mol. The van der Waals surface area contributed by atoms with Crippen LogP contribution in [0.4, 0.5) is 0 Å². The molecule has 0 aliphatic carbocycles. The third-order valence-electron chi connectivity index (χ3n) is 0.0722. The molecule has 0 spiro atoms. The van der Waals surface area contributed by atoms with Crippen LogP contribution < -0.4 is 11.3 Å². The van der Waals surface area contributed by atoms with E-state index in [1.165, 1.54) is 0 Å². The van der Waals surface area contributed by atoms with Crippen LogP contribution in [0.1, 0.15) is 0 Å². The lowest BCUT2D eigenvalue weighted by atomic mass is 11.5. The Labute approximate surface area is 27.7 Å². The van der Waals surface area contributed by atoms with Gasteiger partial charge in [-0.2, -0.15) is 0 Å². The Morgan fingerprint density at radius 1 is 2.00 bits per heavy atom. The lowest BCUT2D eigenvalue weighted by Gasteiger charge is -1.67. The first-order valence-electron chi connectivity index (χ1n) is 0.789. The zero-order valence-electron chi connectivity index (χ0n) is 2.08. The van der Waals surface area contributed by atoms with Gasteiger partial charge in [-0.05, 0) is 5.62 Å². The highest BCUT2D eigenvalue weighted by molar-refractivity contribution is 5.94. The lowest BCUT2D eigenvalue weighted by molar-refractivity contribution is 1.01. The number of rotatable bonds is 0. The summed E-state index contributed by atoms with van der Waals surface area (Å²) in [5, 5.41) is 0. The van der Waals surface area contributed by atoms with Gasteiger partial charge in [0.05, 0.1) is 9.68 Å². The summed E-state index contributed by atoms with van der Waals surface area (Å²) >= 11 is 0. The summed E-state index contributed by atoms with van der Waals surface area (Å²) in [5.74, 6) is 4.62. The molecule has 0 amide bonds. The van der Waals surface area contributed by atoms with Crippen molar-refractivity contribution >= 4 is 9.68 Å². The number of nitrogens with two attached hydrogens (primary N) is 1. The molecule has 0 aromatic carbocycles. The minimum atomic E-state index is 2.09. The van der Waals surface area contributed by atoms with Crippen LogP contribution in [0.15, 0.2) is 0 Å². The fraction of sp³-hybridized carbons (Fsp3) is 0. The van der Waals surface area contributed by atoms with Crippen molar-refractivity contribution < 1.29 is 0 Å². The lowest BCUT2D eigenvalue weighted by Crippen LogP contribution is -2.13. The Bertz CT molecular complexity index is 35.8. The average Bonchev–Trinajstić information content (AvgIpc) is 1.37. The predicted molar refractivity (Wildman–Crippen MR) is 17.0 cm³/mol. The first-order valence-corrected chi connectivity index (χ1v) is 1.29. The quantitative estimate of drug-likeness (QED) is 0.158. The molecule has 0 heterocycles.